The summed E-state index contributed by atoms with van der Waals surface area (Å²) in [6.45, 7) is 3.04. The van der Waals surface area contributed by atoms with Gasteiger partial charge >= 0.3 is 0 Å². The van der Waals surface area contributed by atoms with Crippen LogP contribution in [0, 0.1) is 0 Å². The van der Waals surface area contributed by atoms with Crippen LogP contribution in [0.4, 0.5) is 0 Å². The molecule has 0 bridgehead atoms. The fourth-order valence-electron chi connectivity index (χ4n) is 0. The minimum absolute atomic E-state index is 0. The minimum Gasteiger partial charge on any atom is -1.00 e. The molecule has 3 heteroatoms. The van der Waals surface area contributed by atoms with E-state index in [-0.39, 0.29) is 17.0 Å². The van der Waals surface area contributed by atoms with Crippen molar-refractivity contribution >= 4 is 0 Å². The number of halogens is 1. The Hall–Kier alpha value is 0.400. The first kappa shape index (κ1) is 10.4. The van der Waals surface area contributed by atoms with Crippen molar-refractivity contribution in [3.05, 3.63) is 0 Å². The Morgan fingerprint density at radius 3 is 1.57 bits per heavy atom. The van der Waals surface area contributed by atoms with E-state index in [9.17, 15) is 0 Å². The van der Waals surface area contributed by atoms with Gasteiger partial charge in [-0.3, -0.25) is 4.59 Å². The largest absolute Gasteiger partial charge is 1.00 e. The molecule has 46 valence electrons. The number of nitrogens with two attached hydrogens (primary N) is 1. The Morgan fingerprint density at radius 1 is 1.43 bits per heavy atom. The fraction of sp³-hybridized carbons (Fsp3) is 1.00. The second-order valence-electron chi connectivity index (χ2n) is 2.09. The average Bonchev–Trinajstić information content (AvgIpc) is 1.35. The van der Waals surface area contributed by atoms with E-state index in [0.29, 0.717) is 4.59 Å². The summed E-state index contributed by atoms with van der Waals surface area (Å²) in [5.74, 6) is 5.47. The Balaban J connectivity index is 0. The maximum Gasteiger partial charge on any atom is 0.0927 e. The maximum atomic E-state index is 5.47. The molecule has 0 spiro atoms. The zero-order valence-corrected chi connectivity index (χ0v) is 6.70. The second-order valence-corrected chi connectivity index (χ2v) is 2.09. The summed E-state index contributed by atoms with van der Waals surface area (Å²) in [6, 6.07) is 0. The molecule has 0 aromatic carbocycles. The van der Waals surface area contributed by atoms with E-state index in [1.165, 1.54) is 0 Å². The molecule has 0 fully saturated rings. The van der Waals surface area contributed by atoms with Gasteiger partial charge in [-0.1, -0.05) is 0 Å². The first-order valence-electron chi connectivity index (χ1n) is 2.18. The molecule has 0 radical (unpaired) electrons. The van der Waals surface area contributed by atoms with Gasteiger partial charge < -0.3 is 17.0 Å². The number of quaternary nitrogens is 1. The lowest BCUT2D eigenvalue weighted by Crippen LogP contribution is -3.00. The number of rotatable bonds is 1. The summed E-state index contributed by atoms with van der Waals surface area (Å²) < 4.78 is 0.569. The lowest BCUT2D eigenvalue weighted by atomic mass is 10.6. The van der Waals surface area contributed by atoms with Crippen LogP contribution in [0.3, 0.4) is 0 Å². The molecule has 0 aromatic rings. The van der Waals surface area contributed by atoms with E-state index in [2.05, 4.69) is 6.92 Å². The molecular formula is C4H13BrN2. The normalized spacial score (nSPS) is 10.3. The van der Waals surface area contributed by atoms with Crippen molar-refractivity contribution in [3.63, 3.8) is 0 Å². The van der Waals surface area contributed by atoms with Crippen LogP contribution in [0.15, 0.2) is 0 Å². The lowest BCUT2D eigenvalue weighted by molar-refractivity contribution is -0.900. The van der Waals surface area contributed by atoms with Gasteiger partial charge in [-0.2, -0.15) is 5.84 Å². The first-order chi connectivity index (χ1) is 2.56. The third-order valence-electron chi connectivity index (χ3n) is 0.815. The van der Waals surface area contributed by atoms with Crippen molar-refractivity contribution in [3.8, 4) is 0 Å². The molecule has 0 amide bonds. The Bertz CT molecular complexity index is 39.4. The van der Waals surface area contributed by atoms with E-state index < -0.39 is 0 Å². The molecule has 0 saturated carbocycles. The van der Waals surface area contributed by atoms with Gasteiger partial charge in [-0.05, 0) is 6.92 Å². The van der Waals surface area contributed by atoms with Crippen molar-refractivity contribution in [2.75, 3.05) is 20.6 Å². The van der Waals surface area contributed by atoms with Crippen molar-refractivity contribution in [1.82, 2.24) is 0 Å². The molecule has 0 rings (SSSR count). The molecule has 0 aliphatic carbocycles. The average molecular weight is 169 g/mol. The van der Waals surface area contributed by atoms with Crippen LogP contribution in [0.1, 0.15) is 6.92 Å². The van der Waals surface area contributed by atoms with E-state index in [1.54, 1.807) is 0 Å². The fourth-order valence-corrected chi connectivity index (χ4v) is 0. The summed E-state index contributed by atoms with van der Waals surface area (Å²) in [4.78, 5) is 0. The van der Waals surface area contributed by atoms with Crippen LogP contribution >= 0.6 is 0 Å². The molecule has 0 heterocycles. The van der Waals surface area contributed by atoms with Gasteiger partial charge in [0.25, 0.3) is 0 Å². The van der Waals surface area contributed by atoms with Crippen LogP contribution in [0.25, 0.3) is 0 Å². The monoisotopic (exact) mass is 168 g/mol. The van der Waals surface area contributed by atoms with Gasteiger partial charge in [-0.25, -0.2) is 0 Å². The van der Waals surface area contributed by atoms with Gasteiger partial charge in [0.15, 0.2) is 0 Å². The highest BCUT2D eigenvalue weighted by atomic mass is 79.9. The van der Waals surface area contributed by atoms with Crippen LogP contribution < -0.4 is 22.8 Å². The van der Waals surface area contributed by atoms with Crippen molar-refractivity contribution in [2.24, 2.45) is 5.84 Å². The topological polar surface area (TPSA) is 26.0 Å². The highest BCUT2D eigenvalue weighted by Crippen LogP contribution is 1.77. The molecule has 2 N–H and O–H groups in total. The van der Waals surface area contributed by atoms with Gasteiger partial charge in [0, 0.05) is 0 Å². The van der Waals surface area contributed by atoms with E-state index >= 15 is 0 Å². The van der Waals surface area contributed by atoms with Crippen LogP contribution in [-0.2, 0) is 0 Å². The molecule has 0 aliphatic heterocycles. The van der Waals surface area contributed by atoms with Crippen LogP contribution in [0.5, 0.6) is 0 Å². The summed E-state index contributed by atoms with van der Waals surface area (Å²) in [6.07, 6.45) is 0. The Labute approximate surface area is 55.6 Å². The highest BCUT2D eigenvalue weighted by molar-refractivity contribution is 4.03. The van der Waals surface area contributed by atoms with Gasteiger partial charge in [0.1, 0.15) is 0 Å². The summed E-state index contributed by atoms with van der Waals surface area (Å²) in [5.41, 5.74) is 0. The Morgan fingerprint density at radius 2 is 1.57 bits per heavy atom. The first-order valence-corrected chi connectivity index (χ1v) is 2.18. The third kappa shape index (κ3) is 10.7. The molecule has 0 unspecified atom stereocenters. The van der Waals surface area contributed by atoms with Crippen molar-refractivity contribution in [2.45, 2.75) is 6.92 Å². The quantitative estimate of drug-likeness (QED) is 0.252. The smallest absolute Gasteiger partial charge is 0.0927 e. The van der Waals surface area contributed by atoms with Crippen molar-refractivity contribution < 1.29 is 21.6 Å². The molecule has 0 aliphatic rings. The van der Waals surface area contributed by atoms with E-state index in [4.69, 9.17) is 5.84 Å². The van der Waals surface area contributed by atoms with Crippen LogP contribution in [-0.4, -0.2) is 25.2 Å². The molecule has 0 saturated heterocycles. The minimum atomic E-state index is 0. The Kier molecular flexibility index (Phi) is 5.06. The number of hydrogen-bond acceptors (Lipinski definition) is 1. The summed E-state index contributed by atoms with van der Waals surface area (Å²) >= 11 is 0. The molecular weight excluding hydrogens is 156 g/mol. The molecule has 2 nitrogen and oxygen atoms in total. The molecule has 0 atom stereocenters. The predicted octanol–water partition coefficient (Wildman–Crippen LogP) is -3.04. The number of hydrogen-bond donors (Lipinski definition) is 1. The third-order valence-corrected chi connectivity index (χ3v) is 0.815. The molecule has 0 aromatic heterocycles. The highest BCUT2D eigenvalue weighted by Gasteiger charge is 1.99. The van der Waals surface area contributed by atoms with Gasteiger partial charge in [0.2, 0.25) is 0 Å². The maximum absolute atomic E-state index is 5.47. The zero-order valence-electron chi connectivity index (χ0n) is 5.11. The zero-order chi connectivity index (χ0) is 5.21. The SMILES string of the molecule is CC[N+](C)(C)N.[Br-]. The summed E-state index contributed by atoms with van der Waals surface area (Å²) in [5, 5.41) is 0. The number of nitrogens with zero attached hydrogens (tertiary/aromatic N) is 1. The van der Waals surface area contributed by atoms with E-state index in [0.717, 1.165) is 6.54 Å². The second kappa shape index (κ2) is 3.41. The van der Waals surface area contributed by atoms with E-state index in [1.807, 2.05) is 14.1 Å². The predicted molar refractivity (Wildman–Crippen MR) is 26.8 cm³/mol. The van der Waals surface area contributed by atoms with Gasteiger partial charge in [0.05, 0.1) is 20.6 Å². The lowest BCUT2D eigenvalue weighted by Gasteiger charge is -2.18. The standard InChI is InChI=1S/C4H13N2.BrH/c1-4-6(2,3)5;/h4-5H2,1-3H3;1H/q+1;/p-1. The molecule has 7 heavy (non-hydrogen) atoms. The van der Waals surface area contributed by atoms with Gasteiger partial charge in [-0.15, -0.1) is 0 Å². The summed E-state index contributed by atoms with van der Waals surface area (Å²) in [7, 11) is 3.92. The van der Waals surface area contributed by atoms with Crippen molar-refractivity contribution in [1.29, 1.82) is 0 Å². The van der Waals surface area contributed by atoms with Crippen LogP contribution in [0.2, 0.25) is 0 Å².